The first-order valence-corrected chi connectivity index (χ1v) is 9.15. The first-order chi connectivity index (χ1) is 13.0. The lowest BCUT2D eigenvalue weighted by Crippen LogP contribution is -2.61. The summed E-state index contributed by atoms with van der Waals surface area (Å²) < 4.78 is 7.45. The maximum atomic E-state index is 12.3. The molecule has 4 rings (SSSR count). The monoisotopic (exact) mass is 364 g/mol. The lowest BCUT2D eigenvalue weighted by molar-refractivity contribution is -0.135. The van der Waals surface area contributed by atoms with E-state index >= 15 is 0 Å². The van der Waals surface area contributed by atoms with Gasteiger partial charge in [-0.2, -0.15) is 0 Å². The molecule has 1 aliphatic rings. The summed E-state index contributed by atoms with van der Waals surface area (Å²) in [4.78, 5) is 19.4. The minimum atomic E-state index is -0.568. The van der Waals surface area contributed by atoms with Gasteiger partial charge in [-0.05, 0) is 50.2 Å². The molecule has 1 saturated heterocycles. The van der Waals surface area contributed by atoms with E-state index in [9.17, 15) is 4.79 Å². The molecule has 0 radical (unpaired) electrons. The number of nitrogens with one attached hydrogen (secondary N) is 1. The number of aromatic nitrogens is 2. The highest BCUT2D eigenvalue weighted by molar-refractivity contribution is 5.86. The van der Waals surface area contributed by atoms with Gasteiger partial charge < -0.3 is 10.1 Å². The average Bonchev–Trinajstić information content (AvgIpc) is 3.04. The zero-order chi connectivity index (χ0) is 19.0. The number of amides is 1. The second-order valence-electron chi connectivity index (χ2n) is 7.29. The normalized spacial score (nSPS) is 17.1. The van der Waals surface area contributed by atoms with Gasteiger partial charge >= 0.3 is 0 Å². The second kappa shape index (κ2) is 6.70. The largest absolute Gasteiger partial charge is 0.497 e. The third-order valence-corrected chi connectivity index (χ3v) is 5.31. The number of benzene rings is 2. The minimum absolute atomic E-state index is 0.0564. The van der Waals surface area contributed by atoms with Crippen LogP contribution in [0.5, 0.6) is 5.75 Å². The van der Waals surface area contributed by atoms with Crippen molar-refractivity contribution < 1.29 is 9.53 Å². The smallest absolute Gasteiger partial charge is 0.240 e. The number of carbonyl (C=O) groups excluding carboxylic acids is 1. The Morgan fingerprint density at radius 1 is 1.15 bits per heavy atom. The summed E-state index contributed by atoms with van der Waals surface area (Å²) >= 11 is 0. The van der Waals surface area contributed by atoms with Crippen molar-refractivity contribution in [3.63, 3.8) is 0 Å². The number of rotatable bonds is 4. The highest BCUT2D eigenvalue weighted by Gasteiger charge is 2.38. The second-order valence-corrected chi connectivity index (χ2v) is 7.29. The van der Waals surface area contributed by atoms with Crippen molar-refractivity contribution in [1.29, 1.82) is 0 Å². The summed E-state index contributed by atoms with van der Waals surface area (Å²) in [5, 5.41) is 2.95. The Labute approximate surface area is 158 Å². The average molecular weight is 364 g/mol. The third kappa shape index (κ3) is 3.06. The summed E-state index contributed by atoms with van der Waals surface area (Å²) in [7, 11) is 1.66. The van der Waals surface area contributed by atoms with E-state index in [1.165, 1.54) is 0 Å². The number of ether oxygens (including phenoxy) is 1. The van der Waals surface area contributed by atoms with Crippen molar-refractivity contribution >= 4 is 16.9 Å². The van der Waals surface area contributed by atoms with E-state index in [1.54, 1.807) is 7.11 Å². The van der Waals surface area contributed by atoms with E-state index < -0.39 is 5.54 Å². The molecule has 0 bridgehead atoms. The fraction of sp³-hybridized carbons (Fsp3) is 0.333. The molecule has 1 amide bonds. The maximum Gasteiger partial charge on any atom is 0.240 e. The molecule has 6 heteroatoms. The fourth-order valence-electron chi connectivity index (χ4n) is 3.59. The van der Waals surface area contributed by atoms with Crippen molar-refractivity contribution in [2.24, 2.45) is 0 Å². The number of carbonyl (C=O) groups is 1. The minimum Gasteiger partial charge on any atom is -0.497 e. The van der Waals surface area contributed by atoms with Gasteiger partial charge in [-0.3, -0.25) is 14.3 Å². The van der Waals surface area contributed by atoms with Crippen LogP contribution in [0, 0.1) is 0 Å². The van der Waals surface area contributed by atoms with E-state index in [0.29, 0.717) is 13.1 Å². The molecule has 3 aromatic rings. The fourth-order valence-corrected chi connectivity index (χ4v) is 3.59. The molecule has 1 aliphatic heterocycles. The van der Waals surface area contributed by atoms with Gasteiger partial charge in [0.2, 0.25) is 5.91 Å². The predicted octanol–water partition coefficient (Wildman–Crippen LogP) is 2.74. The van der Waals surface area contributed by atoms with Crippen LogP contribution in [-0.2, 0) is 11.3 Å². The SMILES string of the molecule is COc1ccc(-n2c(CN3CCNC(=O)C3(C)C)nc3ccccc32)cc1. The molecule has 140 valence electrons. The number of para-hydroxylation sites is 2. The Morgan fingerprint density at radius 2 is 1.89 bits per heavy atom. The van der Waals surface area contributed by atoms with Crippen molar-refractivity contribution in [1.82, 2.24) is 19.8 Å². The molecular formula is C21H24N4O2. The Balaban J connectivity index is 1.79. The van der Waals surface area contributed by atoms with Gasteiger partial charge in [-0.1, -0.05) is 12.1 Å². The third-order valence-electron chi connectivity index (χ3n) is 5.31. The van der Waals surface area contributed by atoms with Crippen LogP contribution < -0.4 is 10.1 Å². The Hall–Kier alpha value is -2.86. The first-order valence-electron chi connectivity index (χ1n) is 9.15. The number of fused-ring (bicyclic) bond motifs is 1. The Morgan fingerprint density at radius 3 is 2.63 bits per heavy atom. The van der Waals surface area contributed by atoms with Gasteiger partial charge in [0.25, 0.3) is 0 Å². The molecule has 0 saturated carbocycles. The summed E-state index contributed by atoms with van der Waals surface area (Å²) in [5.74, 6) is 1.79. The van der Waals surface area contributed by atoms with Crippen LogP contribution >= 0.6 is 0 Å². The lowest BCUT2D eigenvalue weighted by atomic mass is 9.99. The number of hydrogen-bond donors (Lipinski definition) is 1. The molecule has 1 aromatic heterocycles. The van der Waals surface area contributed by atoms with Gasteiger partial charge in [0.05, 0.1) is 30.2 Å². The number of nitrogens with zero attached hydrogens (tertiary/aromatic N) is 3. The quantitative estimate of drug-likeness (QED) is 0.773. The topological polar surface area (TPSA) is 59.4 Å². The van der Waals surface area contributed by atoms with E-state index in [-0.39, 0.29) is 5.91 Å². The molecule has 0 aliphatic carbocycles. The van der Waals surface area contributed by atoms with Crippen LogP contribution in [0.1, 0.15) is 19.7 Å². The molecule has 1 N–H and O–H groups in total. The molecule has 0 spiro atoms. The number of methoxy groups -OCH3 is 1. The number of piperazine rings is 1. The molecule has 0 unspecified atom stereocenters. The van der Waals surface area contributed by atoms with Gasteiger partial charge in [-0.25, -0.2) is 4.98 Å². The van der Waals surface area contributed by atoms with Gasteiger partial charge in [0, 0.05) is 18.8 Å². The van der Waals surface area contributed by atoms with Crippen LogP contribution in [0.4, 0.5) is 0 Å². The predicted molar refractivity (Wildman–Crippen MR) is 105 cm³/mol. The molecule has 0 atom stereocenters. The molecule has 6 nitrogen and oxygen atoms in total. The lowest BCUT2D eigenvalue weighted by Gasteiger charge is -2.40. The van der Waals surface area contributed by atoms with Crippen LogP contribution in [0.3, 0.4) is 0 Å². The Bertz CT molecular complexity index is 976. The highest BCUT2D eigenvalue weighted by Crippen LogP contribution is 2.26. The van der Waals surface area contributed by atoms with Crippen molar-refractivity contribution in [3.05, 3.63) is 54.4 Å². The van der Waals surface area contributed by atoms with Crippen LogP contribution in [-0.4, -0.2) is 46.1 Å². The van der Waals surface area contributed by atoms with Crippen molar-refractivity contribution in [3.8, 4) is 11.4 Å². The zero-order valence-corrected chi connectivity index (χ0v) is 15.9. The van der Waals surface area contributed by atoms with Crippen LogP contribution in [0.15, 0.2) is 48.5 Å². The van der Waals surface area contributed by atoms with E-state index in [1.807, 2.05) is 56.3 Å². The highest BCUT2D eigenvalue weighted by atomic mass is 16.5. The summed E-state index contributed by atoms with van der Waals surface area (Å²) in [6.45, 7) is 5.97. The molecule has 2 heterocycles. The van der Waals surface area contributed by atoms with Gasteiger partial charge in [0.15, 0.2) is 0 Å². The molecule has 2 aromatic carbocycles. The zero-order valence-electron chi connectivity index (χ0n) is 15.9. The first kappa shape index (κ1) is 17.5. The summed E-state index contributed by atoms with van der Waals surface area (Å²) in [6.07, 6.45) is 0. The molecule has 27 heavy (non-hydrogen) atoms. The maximum absolute atomic E-state index is 12.3. The molecule has 1 fully saturated rings. The Kier molecular flexibility index (Phi) is 4.36. The van der Waals surface area contributed by atoms with E-state index in [0.717, 1.165) is 34.8 Å². The van der Waals surface area contributed by atoms with Crippen LogP contribution in [0.2, 0.25) is 0 Å². The number of hydrogen-bond acceptors (Lipinski definition) is 4. The summed E-state index contributed by atoms with van der Waals surface area (Å²) in [6, 6.07) is 16.1. The summed E-state index contributed by atoms with van der Waals surface area (Å²) in [5.41, 5.74) is 2.46. The standard InChI is InChI=1S/C21H24N4O2/c1-21(2)20(26)22-12-13-24(21)14-19-23-17-6-4-5-7-18(17)25(19)15-8-10-16(27-3)11-9-15/h4-11H,12-14H2,1-3H3,(H,22,26). The van der Waals surface area contributed by atoms with E-state index in [4.69, 9.17) is 9.72 Å². The molecular weight excluding hydrogens is 340 g/mol. The van der Waals surface area contributed by atoms with E-state index in [2.05, 4.69) is 20.9 Å². The van der Waals surface area contributed by atoms with Crippen molar-refractivity contribution in [2.75, 3.05) is 20.2 Å². The van der Waals surface area contributed by atoms with Crippen molar-refractivity contribution in [2.45, 2.75) is 25.9 Å². The number of imidazole rings is 1. The van der Waals surface area contributed by atoms with Gasteiger partial charge in [0.1, 0.15) is 11.6 Å². The van der Waals surface area contributed by atoms with Gasteiger partial charge in [-0.15, -0.1) is 0 Å². The van der Waals surface area contributed by atoms with Crippen LogP contribution in [0.25, 0.3) is 16.7 Å².